The Labute approximate surface area is 151 Å². The highest BCUT2D eigenvalue weighted by atomic mass is 35.5. The highest BCUT2D eigenvalue weighted by Gasteiger charge is 2.27. The van der Waals surface area contributed by atoms with Crippen molar-refractivity contribution in [1.82, 2.24) is 20.0 Å². The van der Waals surface area contributed by atoms with Gasteiger partial charge in [-0.15, -0.1) is 12.4 Å². The standard InChI is InChI=1S/C17H30N4O2.ClH/c1-14(22)20-8-10-21(11-9-20)17(23)13-19-6-4-16(5-7-19)18-12-15-2-3-15;/h15-16,18H,2-13H2,1H3;1H. The molecule has 1 saturated carbocycles. The minimum Gasteiger partial charge on any atom is -0.339 e. The molecular formula is C17H31ClN4O2. The van der Waals surface area contributed by atoms with Crippen molar-refractivity contribution in [2.24, 2.45) is 5.92 Å². The van der Waals surface area contributed by atoms with Crippen LogP contribution in [0.15, 0.2) is 0 Å². The van der Waals surface area contributed by atoms with Crippen molar-refractivity contribution in [3.05, 3.63) is 0 Å². The number of piperazine rings is 1. The number of rotatable bonds is 5. The lowest BCUT2D eigenvalue weighted by atomic mass is 10.0. The van der Waals surface area contributed by atoms with Crippen molar-refractivity contribution < 1.29 is 9.59 Å². The van der Waals surface area contributed by atoms with Gasteiger partial charge >= 0.3 is 0 Å². The van der Waals surface area contributed by atoms with Crippen molar-refractivity contribution in [2.75, 3.05) is 52.4 Å². The number of nitrogens with one attached hydrogen (secondary N) is 1. The molecule has 0 aromatic carbocycles. The van der Waals surface area contributed by atoms with Crippen LogP contribution in [0.25, 0.3) is 0 Å². The number of hydrogen-bond donors (Lipinski definition) is 1. The minimum absolute atomic E-state index is 0. The number of carbonyl (C=O) groups is 2. The van der Waals surface area contributed by atoms with E-state index >= 15 is 0 Å². The minimum atomic E-state index is 0. The second-order valence-corrected chi connectivity index (χ2v) is 7.29. The first-order chi connectivity index (χ1) is 11.1. The maximum atomic E-state index is 12.4. The van der Waals surface area contributed by atoms with Gasteiger partial charge in [0.1, 0.15) is 0 Å². The molecule has 3 fully saturated rings. The summed E-state index contributed by atoms with van der Waals surface area (Å²) in [4.78, 5) is 29.8. The number of amides is 2. The topological polar surface area (TPSA) is 55.9 Å². The molecule has 3 aliphatic rings. The molecule has 2 heterocycles. The van der Waals surface area contributed by atoms with Crippen molar-refractivity contribution >= 4 is 24.2 Å². The third-order valence-corrected chi connectivity index (χ3v) is 5.42. The molecule has 0 atom stereocenters. The molecule has 3 rings (SSSR count). The first kappa shape index (κ1) is 19.5. The zero-order chi connectivity index (χ0) is 16.2. The van der Waals surface area contributed by atoms with Gasteiger partial charge in [0.2, 0.25) is 11.8 Å². The molecule has 0 radical (unpaired) electrons. The monoisotopic (exact) mass is 358 g/mol. The molecule has 1 N–H and O–H groups in total. The summed E-state index contributed by atoms with van der Waals surface area (Å²) in [5, 5.41) is 3.68. The number of carbonyl (C=O) groups excluding carboxylic acids is 2. The Morgan fingerprint density at radius 2 is 1.50 bits per heavy atom. The molecule has 0 bridgehead atoms. The van der Waals surface area contributed by atoms with Gasteiger partial charge in [0.05, 0.1) is 6.54 Å². The lowest BCUT2D eigenvalue weighted by Crippen LogP contribution is -2.53. The second kappa shape index (κ2) is 9.02. The van der Waals surface area contributed by atoms with Crippen LogP contribution in [0.2, 0.25) is 0 Å². The van der Waals surface area contributed by atoms with Gasteiger partial charge in [0, 0.05) is 52.2 Å². The highest BCUT2D eigenvalue weighted by Crippen LogP contribution is 2.28. The van der Waals surface area contributed by atoms with E-state index < -0.39 is 0 Å². The fourth-order valence-electron chi connectivity index (χ4n) is 3.51. The Hall–Kier alpha value is -0.850. The van der Waals surface area contributed by atoms with E-state index in [2.05, 4.69) is 10.2 Å². The third kappa shape index (κ3) is 5.60. The van der Waals surface area contributed by atoms with Crippen molar-refractivity contribution in [1.29, 1.82) is 0 Å². The molecule has 1 aliphatic carbocycles. The van der Waals surface area contributed by atoms with Crippen LogP contribution in [0.5, 0.6) is 0 Å². The summed E-state index contributed by atoms with van der Waals surface area (Å²) in [7, 11) is 0. The van der Waals surface area contributed by atoms with Crippen LogP contribution in [0.4, 0.5) is 0 Å². The average molecular weight is 359 g/mol. The highest BCUT2D eigenvalue weighted by molar-refractivity contribution is 5.85. The zero-order valence-corrected chi connectivity index (χ0v) is 15.5. The third-order valence-electron chi connectivity index (χ3n) is 5.42. The molecular weight excluding hydrogens is 328 g/mol. The summed E-state index contributed by atoms with van der Waals surface area (Å²) in [5.74, 6) is 1.26. The van der Waals surface area contributed by atoms with E-state index in [4.69, 9.17) is 0 Å². The summed E-state index contributed by atoms with van der Waals surface area (Å²) < 4.78 is 0. The Balaban J connectivity index is 0.00000208. The molecule has 24 heavy (non-hydrogen) atoms. The summed E-state index contributed by atoms with van der Waals surface area (Å²) in [6.07, 6.45) is 5.10. The number of piperidine rings is 1. The maximum Gasteiger partial charge on any atom is 0.236 e. The van der Waals surface area contributed by atoms with Crippen LogP contribution in [-0.2, 0) is 9.59 Å². The largest absolute Gasteiger partial charge is 0.339 e. The second-order valence-electron chi connectivity index (χ2n) is 7.29. The van der Waals surface area contributed by atoms with Gasteiger partial charge in [-0.25, -0.2) is 0 Å². The van der Waals surface area contributed by atoms with E-state index in [1.807, 2.05) is 9.80 Å². The number of nitrogens with zero attached hydrogens (tertiary/aromatic N) is 3. The van der Waals surface area contributed by atoms with Gasteiger partial charge in [0.25, 0.3) is 0 Å². The smallest absolute Gasteiger partial charge is 0.236 e. The Morgan fingerprint density at radius 1 is 0.917 bits per heavy atom. The lowest BCUT2D eigenvalue weighted by Gasteiger charge is -2.37. The molecule has 138 valence electrons. The first-order valence-electron chi connectivity index (χ1n) is 9.11. The summed E-state index contributed by atoms with van der Waals surface area (Å²) in [5.41, 5.74) is 0. The summed E-state index contributed by atoms with van der Waals surface area (Å²) in [6.45, 7) is 8.05. The van der Waals surface area contributed by atoms with Gasteiger partial charge in [-0.2, -0.15) is 0 Å². The Kier molecular flexibility index (Phi) is 7.32. The molecule has 7 heteroatoms. The first-order valence-corrected chi connectivity index (χ1v) is 9.11. The van der Waals surface area contributed by atoms with Gasteiger partial charge in [-0.1, -0.05) is 0 Å². The SMILES string of the molecule is CC(=O)N1CCN(C(=O)CN2CCC(NCC3CC3)CC2)CC1.Cl. The summed E-state index contributed by atoms with van der Waals surface area (Å²) >= 11 is 0. The van der Waals surface area contributed by atoms with Gasteiger partial charge < -0.3 is 15.1 Å². The molecule has 0 spiro atoms. The number of halogens is 1. The Morgan fingerprint density at radius 3 is 2.04 bits per heavy atom. The molecule has 0 unspecified atom stereocenters. The number of hydrogen-bond acceptors (Lipinski definition) is 4. The fraction of sp³-hybridized carbons (Fsp3) is 0.882. The van der Waals surface area contributed by atoms with E-state index in [9.17, 15) is 9.59 Å². The van der Waals surface area contributed by atoms with E-state index in [0.29, 0.717) is 38.8 Å². The average Bonchev–Trinajstić information content (AvgIpc) is 3.38. The van der Waals surface area contributed by atoms with Crippen molar-refractivity contribution in [3.8, 4) is 0 Å². The molecule has 0 aromatic heterocycles. The quantitative estimate of drug-likeness (QED) is 0.780. The molecule has 2 saturated heterocycles. The predicted octanol–water partition coefficient (Wildman–Crippen LogP) is 0.563. The van der Waals surface area contributed by atoms with E-state index in [0.717, 1.165) is 31.8 Å². The van der Waals surface area contributed by atoms with Crippen molar-refractivity contribution in [2.45, 2.75) is 38.6 Å². The number of likely N-dealkylation sites (tertiary alicyclic amines) is 1. The molecule has 2 aliphatic heterocycles. The predicted molar refractivity (Wildman–Crippen MR) is 96.3 cm³/mol. The van der Waals surface area contributed by atoms with Gasteiger partial charge in [0.15, 0.2) is 0 Å². The molecule has 6 nitrogen and oxygen atoms in total. The molecule has 2 amide bonds. The lowest BCUT2D eigenvalue weighted by molar-refractivity contribution is -0.139. The van der Waals surface area contributed by atoms with Crippen LogP contribution in [0.3, 0.4) is 0 Å². The normalized spacial score (nSPS) is 23.0. The molecule has 0 aromatic rings. The van der Waals surface area contributed by atoms with Crippen LogP contribution in [0, 0.1) is 5.92 Å². The summed E-state index contributed by atoms with van der Waals surface area (Å²) in [6, 6.07) is 0.640. The Bertz CT molecular complexity index is 428. The van der Waals surface area contributed by atoms with Crippen LogP contribution >= 0.6 is 12.4 Å². The van der Waals surface area contributed by atoms with Crippen molar-refractivity contribution in [3.63, 3.8) is 0 Å². The zero-order valence-electron chi connectivity index (χ0n) is 14.7. The fourth-order valence-corrected chi connectivity index (χ4v) is 3.51. The van der Waals surface area contributed by atoms with E-state index in [-0.39, 0.29) is 24.2 Å². The maximum absolute atomic E-state index is 12.4. The van der Waals surface area contributed by atoms with Crippen LogP contribution < -0.4 is 5.32 Å². The van der Waals surface area contributed by atoms with E-state index in [1.165, 1.54) is 19.4 Å². The van der Waals surface area contributed by atoms with E-state index in [1.54, 1.807) is 6.92 Å². The van der Waals surface area contributed by atoms with Gasteiger partial charge in [-0.3, -0.25) is 14.5 Å². The van der Waals surface area contributed by atoms with Crippen LogP contribution in [-0.4, -0.2) is 84.9 Å². The van der Waals surface area contributed by atoms with Gasteiger partial charge in [-0.05, 0) is 38.1 Å². The van der Waals surface area contributed by atoms with Crippen LogP contribution in [0.1, 0.15) is 32.6 Å².